The zero-order valence-corrected chi connectivity index (χ0v) is 10.8. The standard InChI is InChI=1S/C14H13N3S/c1-11(13-9-5-6-10-15-13)16-17-14(18)12-7-3-2-4-8-12/h2-10H,1H3,(H,17,18)/b16-11+. The van der Waals surface area contributed by atoms with E-state index in [1.165, 1.54) is 0 Å². The molecule has 0 fully saturated rings. The van der Waals surface area contributed by atoms with Crippen LogP contribution in [0.5, 0.6) is 0 Å². The van der Waals surface area contributed by atoms with Crippen molar-refractivity contribution < 1.29 is 0 Å². The van der Waals surface area contributed by atoms with Crippen molar-refractivity contribution in [2.45, 2.75) is 6.92 Å². The van der Waals surface area contributed by atoms with E-state index in [2.05, 4.69) is 15.5 Å². The zero-order chi connectivity index (χ0) is 12.8. The van der Waals surface area contributed by atoms with Crippen LogP contribution in [0.1, 0.15) is 18.2 Å². The number of rotatable bonds is 3. The fourth-order valence-corrected chi connectivity index (χ4v) is 1.60. The topological polar surface area (TPSA) is 37.3 Å². The number of aromatic nitrogens is 1. The van der Waals surface area contributed by atoms with E-state index in [1.54, 1.807) is 6.20 Å². The first-order valence-electron chi connectivity index (χ1n) is 5.58. The number of hydrogen-bond acceptors (Lipinski definition) is 3. The SMILES string of the molecule is C/C(=N\NC(=S)c1ccccc1)c1ccccn1. The van der Waals surface area contributed by atoms with Crippen molar-refractivity contribution in [1.82, 2.24) is 10.4 Å². The Kier molecular flexibility index (Phi) is 4.15. The Morgan fingerprint density at radius 3 is 2.50 bits per heavy atom. The van der Waals surface area contributed by atoms with Gasteiger partial charge in [0.1, 0.15) is 4.99 Å². The van der Waals surface area contributed by atoms with Crippen molar-refractivity contribution in [1.29, 1.82) is 0 Å². The lowest BCUT2D eigenvalue weighted by Gasteiger charge is -2.04. The van der Waals surface area contributed by atoms with Crippen LogP contribution in [-0.2, 0) is 0 Å². The predicted octanol–water partition coefficient (Wildman–Crippen LogP) is 2.77. The highest BCUT2D eigenvalue weighted by Gasteiger charge is 2.00. The molecular formula is C14H13N3S. The van der Waals surface area contributed by atoms with Gasteiger partial charge in [0.2, 0.25) is 0 Å². The first kappa shape index (κ1) is 12.4. The first-order valence-corrected chi connectivity index (χ1v) is 5.99. The second-order valence-corrected chi connectivity index (χ2v) is 4.13. The molecule has 1 N–H and O–H groups in total. The first-order chi connectivity index (χ1) is 8.77. The van der Waals surface area contributed by atoms with E-state index in [4.69, 9.17) is 12.2 Å². The molecule has 90 valence electrons. The number of hydrazone groups is 1. The molecule has 0 aliphatic heterocycles. The van der Waals surface area contributed by atoms with Crippen LogP contribution in [0.2, 0.25) is 0 Å². The van der Waals surface area contributed by atoms with E-state index >= 15 is 0 Å². The van der Waals surface area contributed by atoms with E-state index in [0.29, 0.717) is 4.99 Å². The summed E-state index contributed by atoms with van der Waals surface area (Å²) in [5.74, 6) is 0. The van der Waals surface area contributed by atoms with Gasteiger partial charge in [-0.25, -0.2) is 0 Å². The summed E-state index contributed by atoms with van der Waals surface area (Å²) < 4.78 is 0. The van der Waals surface area contributed by atoms with Crippen LogP contribution in [0, 0.1) is 0 Å². The maximum atomic E-state index is 5.25. The summed E-state index contributed by atoms with van der Waals surface area (Å²) in [6.45, 7) is 1.89. The van der Waals surface area contributed by atoms with Gasteiger partial charge in [0.15, 0.2) is 0 Å². The number of hydrogen-bond donors (Lipinski definition) is 1. The van der Waals surface area contributed by atoms with Crippen LogP contribution in [0.4, 0.5) is 0 Å². The van der Waals surface area contributed by atoms with Gasteiger partial charge in [-0.3, -0.25) is 10.4 Å². The molecule has 2 aromatic rings. The van der Waals surface area contributed by atoms with Crippen molar-refractivity contribution in [3.8, 4) is 0 Å². The molecule has 1 aromatic heterocycles. The Morgan fingerprint density at radius 2 is 1.83 bits per heavy atom. The highest BCUT2D eigenvalue weighted by Crippen LogP contribution is 2.00. The number of pyridine rings is 1. The molecule has 0 amide bonds. The van der Waals surface area contributed by atoms with Crippen LogP contribution in [0.15, 0.2) is 59.8 Å². The van der Waals surface area contributed by atoms with Crippen molar-refractivity contribution >= 4 is 22.9 Å². The molecular weight excluding hydrogens is 242 g/mol. The minimum atomic E-state index is 0.603. The zero-order valence-electron chi connectivity index (χ0n) is 10.00. The van der Waals surface area contributed by atoms with E-state index in [9.17, 15) is 0 Å². The second kappa shape index (κ2) is 6.02. The Balaban J connectivity index is 2.05. The predicted molar refractivity (Wildman–Crippen MR) is 77.7 cm³/mol. The highest BCUT2D eigenvalue weighted by atomic mass is 32.1. The van der Waals surface area contributed by atoms with Gasteiger partial charge in [-0.05, 0) is 19.1 Å². The molecule has 2 rings (SSSR count). The average Bonchev–Trinajstić information content (AvgIpc) is 2.46. The molecule has 0 aliphatic carbocycles. The van der Waals surface area contributed by atoms with E-state index in [-0.39, 0.29) is 0 Å². The fourth-order valence-electron chi connectivity index (χ4n) is 1.42. The minimum Gasteiger partial charge on any atom is -0.267 e. The summed E-state index contributed by atoms with van der Waals surface area (Å²) in [4.78, 5) is 4.82. The van der Waals surface area contributed by atoms with Crippen LogP contribution in [0.3, 0.4) is 0 Å². The Labute approximate surface area is 112 Å². The molecule has 3 nitrogen and oxygen atoms in total. The summed E-state index contributed by atoms with van der Waals surface area (Å²) >= 11 is 5.25. The molecule has 1 aromatic carbocycles. The Bertz CT molecular complexity index is 550. The molecule has 0 spiro atoms. The van der Waals surface area contributed by atoms with Crippen LogP contribution >= 0.6 is 12.2 Å². The van der Waals surface area contributed by atoms with Gasteiger partial charge in [-0.2, -0.15) is 5.10 Å². The maximum absolute atomic E-state index is 5.25. The lowest BCUT2D eigenvalue weighted by atomic mass is 10.2. The molecule has 1 heterocycles. The van der Waals surface area contributed by atoms with Gasteiger partial charge in [-0.1, -0.05) is 48.6 Å². The quantitative estimate of drug-likeness (QED) is 0.520. The summed E-state index contributed by atoms with van der Waals surface area (Å²) in [5, 5.41) is 4.23. The summed E-state index contributed by atoms with van der Waals surface area (Å²) in [6.07, 6.45) is 1.74. The number of benzene rings is 1. The summed E-state index contributed by atoms with van der Waals surface area (Å²) in [5.41, 5.74) is 5.46. The van der Waals surface area contributed by atoms with Crippen molar-refractivity contribution in [2.75, 3.05) is 0 Å². The molecule has 0 radical (unpaired) electrons. The monoisotopic (exact) mass is 255 g/mol. The fraction of sp³-hybridized carbons (Fsp3) is 0.0714. The number of thiocarbonyl (C=S) groups is 1. The third-order valence-corrected chi connectivity index (χ3v) is 2.72. The van der Waals surface area contributed by atoms with Gasteiger partial charge in [0, 0.05) is 11.8 Å². The minimum absolute atomic E-state index is 0.603. The van der Waals surface area contributed by atoms with Crippen molar-refractivity contribution in [3.05, 3.63) is 66.0 Å². The molecule has 18 heavy (non-hydrogen) atoms. The van der Waals surface area contributed by atoms with Gasteiger partial charge >= 0.3 is 0 Å². The molecule has 4 heteroatoms. The number of nitrogens with one attached hydrogen (secondary N) is 1. The molecule has 0 saturated heterocycles. The van der Waals surface area contributed by atoms with Gasteiger partial charge in [-0.15, -0.1) is 0 Å². The van der Waals surface area contributed by atoms with Crippen LogP contribution < -0.4 is 5.43 Å². The molecule has 0 bridgehead atoms. The molecule has 0 aliphatic rings. The van der Waals surface area contributed by atoms with E-state index in [0.717, 1.165) is 17.0 Å². The molecule has 0 unspecified atom stereocenters. The molecule has 0 saturated carbocycles. The summed E-state index contributed by atoms with van der Waals surface area (Å²) in [6, 6.07) is 15.4. The third-order valence-electron chi connectivity index (χ3n) is 2.40. The van der Waals surface area contributed by atoms with E-state index < -0.39 is 0 Å². The lowest BCUT2D eigenvalue weighted by molar-refractivity contribution is 1.04. The highest BCUT2D eigenvalue weighted by molar-refractivity contribution is 7.80. The Morgan fingerprint density at radius 1 is 1.11 bits per heavy atom. The Hall–Kier alpha value is -2.07. The van der Waals surface area contributed by atoms with Crippen LogP contribution in [-0.4, -0.2) is 15.7 Å². The van der Waals surface area contributed by atoms with Crippen LogP contribution in [0.25, 0.3) is 0 Å². The lowest BCUT2D eigenvalue weighted by Crippen LogP contribution is -2.18. The third kappa shape index (κ3) is 3.21. The van der Waals surface area contributed by atoms with E-state index in [1.807, 2.05) is 55.5 Å². The van der Waals surface area contributed by atoms with Gasteiger partial charge in [0.25, 0.3) is 0 Å². The smallest absolute Gasteiger partial charge is 0.126 e. The van der Waals surface area contributed by atoms with Gasteiger partial charge < -0.3 is 0 Å². The maximum Gasteiger partial charge on any atom is 0.126 e. The normalized spacial score (nSPS) is 11.1. The summed E-state index contributed by atoms with van der Waals surface area (Å²) in [7, 11) is 0. The van der Waals surface area contributed by atoms with Crippen molar-refractivity contribution in [2.24, 2.45) is 5.10 Å². The second-order valence-electron chi connectivity index (χ2n) is 3.72. The molecule has 0 atom stereocenters. The number of nitrogens with zero attached hydrogens (tertiary/aromatic N) is 2. The average molecular weight is 255 g/mol. The van der Waals surface area contributed by atoms with Gasteiger partial charge in [0.05, 0.1) is 11.4 Å². The largest absolute Gasteiger partial charge is 0.267 e. The van der Waals surface area contributed by atoms with Crippen molar-refractivity contribution in [3.63, 3.8) is 0 Å².